The summed E-state index contributed by atoms with van der Waals surface area (Å²) in [5.41, 5.74) is 4.26. The van der Waals surface area contributed by atoms with Gasteiger partial charge in [-0.3, -0.25) is 19.3 Å². The molecule has 0 unspecified atom stereocenters. The number of pyridine rings is 1. The van der Waals surface area contributed by atoms with Gasteiger partial charge in [-0.05, 0) is 29.5 Å². The number of carbonyl (C=O) groups is 2. The van der Waals surface area contributed by atoms with E-state index in [4.69, 9.17) is 5.10 Å². The molecule has 0 atom stereocenters. The molecule has 34 heavy (non-hydrogen) atoms. The number of aryl methyl sites for hydroxylation is 2. The van der Waals surface area contributed by atoms with Crippen molar-refractivity contribution in [1.82, 2.24) is 25.0 Å². The average molecular weight is 460 g/mol. The van der Waals surface area contributed by atoms with E-state index in [0.29, 0.717) is 44.7 Å². The third kappa shape index (κ3) is 5.90. The topological polar surface area (TPSA) is 80.1 Å². The molecule has 4 rings (SSSR count). The van der Waals surface area contributed by atoms with Crippen LogP contribution in [0.1, 0.15) is 60.2 Å². The van der Waals surface area contributed by atoms with Gasteiger partial charge in [-0.15, -0.1) is 0 Å². The molecule has 1 aliphatic rings. The van der Waals surface area contributed by atoms with Gasteiger partial charge in [-0.2, -0.15) is 5.10 Å². The summed E-state index contributed by atoms with van der Waals surface area (Å²) in [7, 11) is 0. The first-order valence-electron chi connectivity index (χ1n) is 11.9. The van der Waals surface area contributed by atoms with Crippen molar-refractivity contribution in [2.45, 2.75) is 59.7 Å². The molecule has 7 heteroatoms. The molecule has 0 aliphatic carbocycles. The molecule has 0 fully saturated rings. The molecule has 178 valence electrons. The van der Waals surface area contributed by atoms with Crippen LogP contribution in [0.3, 0.4) is 0 Å². The molecule has 3 aromatic rings. The van der Waals surface area contributed by atoms with Crippen LogP contribution in [0.25, 0.3) is 0 Å². The minimum absolute atomic E-state index is 0.0832. The Morgan fingerprint density at radius 1 is 1.06 bits per heavy atom. The number of fused-ring (bicyclic) bond motifs is 1. The minimum Gasteiger partial charge on any atom is -0.345 e. The number of nitrogens with zero attached hydrogens (tertiary/aromatic N) is 4. The molecule has 1 N–H and O–H groups in total. The molecule has 0 saturated carbocycles. The monoisotopic (exact) mass is 459 g/mol. The zero-order chi connectivity index (χ0) is 24.1. The maximum atomic E-state index is 13.2. The van der Waals surface area contributed by atoms with Gasteiger partial charge in [-0.25, -0.2) is 0 Å². The number of amides is 2. The first kappa shape index (κ1) is 23.7. The number of nitrogens with one attached hydrogen (secondary N) is 1. The Bertz CT molecular complexity index is 1130. The van der Waals surface area contributed by atoms with Crippen molar-refractivity contribution >= 4 is 11.8 Å². The van der Waals surface area contributed by atoms with Crippen molar-refractivity contribution in [3.63, 3.8) is 0 Å². The Hall–Kier alpha value is -3.48. The van der Waals surface area contributed by atoms with Crippen LogP contribution in [0.15, 0.2) is 54.7 Å². The third-order valence-corrected chi connectivity index (χ3v) is 5.99. The fourth-order valence-corrected chi connectivity index (χ4v) is 4.27. The van der Waals surface area contributed by atoms with E-state index in [0.717, 1.165) is 23.4 Å². The number of hydrogen-bond donors (Lipinski definition) is 1. The van der Waals surface area contributed by atoms with Crippen LogP contribution in [0.4, 0.5) is 0 Å². The summed E-state index contributed by atoms with van der Waals surface area (Å²) in [5.74, 6) is -0.111. The Morgan fingerprint density at radius 2 is 1.82 bits per heavy atom. The van der Waals surface area contributed by atoms with E-state index in [1.165, 1.54) is 5.56 Å². The molecule has 1 aromatic carbocycles. The van der Waals surface area contributed by atoms with Gasteiger partial charge in [0, 0.05) is 49.9 Å². The van der Waals surface area contributed by atoms with Gasteiger partial charge >= 0.3 is 0 Å². The van der Waals surface area contributed by atoms with Gasteiger partial charge in [-0.1, -0.05) is 57.2 Å². The normalized spacial score (nSPS) is 13.4. The SMILES string of the molecule is CC(C)(C)CC(=O)N1CCc2c(c(C(=O)NCc3ccccn3)nn2CCc2ccccc2)C1. The van der Waals surface area contributed by atoms with Crippen LogP contribution in [-0.4, -0.2) is 38.0 Å². The fraction of sp³-hybridized carbons (Fsp3) is 0.407. The first-order chi connectivity index (χ1) is 16.3. The van der Waals surface area contributed by atoms with Crippen molar-refractivity contribution < 1.29 is 9.59 Å². The standard InChI is InChI=1S/C27H33N5O2/c1-27(2,3)17-24(33)31-15-13-23-22(19-31)25(26(34)29-18-21-11-7-8-14-28-21)30-32(23)16-12-20-9-5-4-6-10-20/h4-11,14H,12-13,15-19H2,1-3H3,(H,29,34). The lowest BCUT2D eigenvalue weighted by atomic mass is 9.91. The second kappa shape index (κ2) is 10.2. The highest BCUT2D eigenvalue weighted by Gasteiger charge is 2.31. The number of rotatable bonds is 7. The molecule has 1 aliphatic heterocycles. The third-order valence-electron chi connectivity index (χ3n) is 5.99. The van der Waals surface area contributed by atoms with Gasteiger partial charge in [0.25, 0.3) is 5.91 Å². The van der Waals surface area contributed by atoms with Crippen LogP contribution in [0.5, 0.6) is 0 Å². The maximum Gasteiger partial charge on any atom is 0.272 e. The number of hydrogen-bond acceptors (Lipinski definition) is 4. The predicted octanol–water partition coefficient (Wildman–Crippen LogP) is 3.77. The second-order valence-corrected chi connectivity index (χ2v) is 10.0. The Labute approximate surface area is 201 Å². The maximum absolute atomic E-state index is 13.2. The van der Waals surface area contributed by atoms with E-state index >= 15 is 0 Å². The molecular formula is C27H33N5O2. The summed E-state index contributed by atoms with van der Waals surface area (Å²) in [6.45, 7) is 8.29. The zero-order valence-corrected chi connectivity index (χ0v) is 20.3. The van der Waals surface area contributed by atoms with Crippen LogP contribution in [-0.2, 0) is 37.3 Å². The molecule has 0 saturated heterocycles. The largest absolute Gasteiger partial charge is 0.345 e. The lowest BCUT2D eigenvalue weighted by Crippen LogP contribution is -2.38. The Kier molecular flexibility index (Phi) is 7.10. The smallest absolute Gasteiger partial charge is 0.272 e. The summed E-state index contributed by atoms with van der Waals surface area (Å²) < 4.78 is 1.96. The number of carbonyl (C=O) groups excluding carboxylic acids is 2. The summed E-state index contributed by atoms with van der Waals surface area (Å²) in [6.07, 6.45) is 3.71. The first-order valence-corrected chi connectivity index (χ1v) is 11.9. The summed E-state index contributed by atoms with van der Waals surface area (Å²) >= 11 is 0. The predicted molar refractivity (Wildman–Crippen MR) is 131 cm³/mol. The number of benzene rings is 1. The molecule has 7 nitrogen and oxygen atoms in total. The quantitative estimate of drug-likeness (QED) is 0.583. The van der Waals surface area contributed by atoms with Crippen molar-refractivity contribution in [3.05, 3.63) is 82.9 Å². The van der Waals surface area contributed by atoms with E-state index in [9.17, 15) is 9.59 Å². The molecule has 0 spiro atoms. The van der Waals surface area contributed by atoms with E-state index < -0.39 is 0 Å². The van der Waals surface area contributed by atoms with E-state index in [-0.39, 0.29) is 17.2 Å². The molecule has 3 heterocycles. The fourth-order valence-electron chi connectivity index (χ4n) is 4.27. The number of aromatic nitrogens is 3. The van der Waals surface area contributed by atoms with Crippen molar-refractivity contribution in [3.8, 4) is 0 Å². The summed E-state index contributed by atoms with van der Waals surface area (Å²) in [6, 6.07) is 15.9. The van der Waals surface area contributed by atoms with Crippen LogP contribution in [0, 0.1) is 5.41 Å². The van der Waals surface area contributed by atoms with Gasteiger partial charge < -0.3 is 10.2 Å². The van der Waals surface area contributed by atoms with E-state index in [1.54, 1.807) is 6.20 Å². The molecule has 2 aromatic heterocycles. The van der Waals surface area contributed by atoms with Crippen molar-refractivity contribution in [1.29, 1.82) is 0 Å². The lowest BCUT2D eigenvalue weighted by Gasteiger charge is -2.30. The molecular weight excluding hydrogens is 426 g/mol. The van der Waals surface area contributed by atoms with Gasteiger partial charge in [0.05, 0.1) is 12.2 Å². The summed E-state index contributed by atoms with van der Waals surface area (Å²) in [5, 5.41) is 7.69. The minimum atomic E-state index is -0.231. The molecule has 0 bridgehead atoms. The van der Waals surface area contributed by atoms with Crippen molar-refractivity contribution in [2.75, 3.05) is 6.54 Å². The average Bonchev–Trinajstić information content (AvgIpc) is 3.19. The van der Waals surface area contributed by atoms with Gasteiger partial charge in [0.2, 0.25) is 5.91 Å². The second-order valence-electron chi connectivity index (χ2n) is 10.0. The van der Waals surface area contributed by atoms with Crippen molar-refractivity contribution in [2.24, 2.45) is 5.41 Å². The van der Waals surface area contributed by atoms with Gasteiger partial charge in [0.15, 0.2) is 5.69 Å². The zero-order valence-electron chi connectivity index (χ0n) is 20.3. The van der Waals surface area contributed by atoms with E-state index in [1.807, 2.05) is 46.0 Å². The highest BCUT2D eigenvalue weighted by Crippen LogP contribution is 2.26. The van der Waals surface area contributed by atoms with Crippen LogP contribution in [0.2, 0.25) is 0 Å². The Morgan fingerprint density at radius 3 is 2.53 bits per heavy atom. The molecule has 0 radical (unpaired) electrons. The van der Waals surface area contributed by atoms with E-state index in [2.05, 4.69) is 43.2 Å². The van der Waals surface area contributed by atoms with Crippen LogP contribution < -0.4 is 5.32 Å². The van der Waals surface area contributed by atoms with Gasteiger partial charge in [0.1, 0.15) is 0 Å². The molecule has 2 amide bonds. The van der Waals surface area contributed by atoms with Crippen LogP contribution >= 0.6 is 0 Å². The highest BCUT2D eigenvalue weighted by molar-refractivity contribution is 5.94. The highest BCUT2D eigenvalue weighted by atomic mass is 16.2. The summed E-state index contributed by atoms with van der Waals surface area (Å²) in [4.78, 5) is 32.2. The Balaban J connectivity index is 1.56. The lowest BCUT2D eigenvalue weighted by molar-refractivity contribution is -0.134.